The van der Waals surface area contributed by atoms with E-state index >= 15 is 0 Å². The number of amides is 1. The first-order chi connectivity index (χ1) is 15.5. The summed E-state index contributed by atoms with van der Waals surface area (Å²) in [5.41, 5.74) is 1.73. The molecule has 1 amide bonds. The quantitative estimate of drug-likeness (QED) is 0.330. The Kier molecular flexibility index (Phi) is 5.81. The molecule has 7 heteroatoms. The van der Waals surface area contributed by atoms with Crippen LogP contribution in [0.4, 0.5) is 11.4 Å². The van der Waals surface area contributed by atoms with Gasteiger partial charge in [0.15, 0.2) is 0 Å². The summed E-state index contributed by atoms with van der Waals surface area (Å²) < 4.78 is 1.39. The SMILES string of the molecule is CC(C(=O)N(Cc1ccccc1)c1ccccc1)n1c(=O)ccc2cc([N+](=O)[O-])ccc21. The summed E-state index contributed by atoms with van der Waals surface area (Å²) in [7, 11) is 0. The number of carbonyl (C=O) groups is 1. The van der Waals surface area contributed by atoms with Crippen LogP contribution >= 0.6 is 0 Å². The molecule has 1 aromatic heterocycles. The number of hydrogen-bond donors (Lipinski definition) is 0. The van der Waals surface area contributed by atoms with Gasteiger partial charge in [-0.3, -0.25) is 24.3 Å². The van der Waals surface area contributed by atoms with E-state index in [0.717, 1.165) is 11.3 Å². The maximum Gasteiger partial charge on any atom is 0.270 e. The molecule has 4 rings (SSSR count). The molecule has 1 unspecified atom stereocenters. The van der Waals surface area contributed by atoms with E-state index in [-0.39, 0.29) is 17.2 Å². The number of nitro groups is 1. The van der Waals surface area contributed by atoms with E-state index in [0.29, 0.717) is 17.4 Å². The van der Waals surface area contributed by atoms with Crippen LogP contribution in [0.3, 0.4) is 0 Å². The molecule has 0 radical (unpaired) electrons. The molecule has 0 fully saturated rings. The van der Waals surface area contributed by atoms with Gasteiger partial charge in [-0.25, -0.2) is 0 Å². The highest BCUT2D eigenvalue weighted by Crippen LogP contribution is 2.25. The lowest BCUT2D eigenvalue weighted by Crippen LogP contribution is -2.39. The second kappa shape index (κ2) is 8.85. The first-order valence-corrected chi connectivity index (χ1v) is 10.2. The van der Waals surface area contributed by atoms with Crippen LogP contribution in [0.25, 0.3) is 10.9 Å². The van der Waals surface area contributed by atoms with Crippen molar-refractivity contribution in [3.05, 3.63) is 117 Å². The zero-order valence-electron chi connectivity index (χ0n) is 17.4. The summed E-state index contributed by atoms with van der Waals surface area (Å²) in [6.45, 7) is 2.02. The second-order valence-corrected chi connectivity index (χ2v) is 7.46. The van der Waals surface area contributed by atoms with E-state index in [1.807, 2.05) is 60.7 Å². The standard InChI is InChI=1S/C25H21N3O4/c1-18(27-23-14-13-22(28(31)32)16-20(23)12-15-24(27)29)25(30)26(21-10-6-3-7-11-21)17-19-8-4-2-5-9-19/h2-16,18H,17H2,1H3. The topological polar surface area (TPSA) is 85.5 Å². The number of rotatable bonds is 6. The highest BCUT2D eigenvalue weighted by atomic mass is 16.6. The monoisotopic (exact) mass is 427 g/mol. The van der Waals surface area contributed by atoms with Gasteiger partial charge in [0.1, 0.15) is 6.04 Å². The fourth-order valence-electron chi connectivity index (χ4n) is 3.77. The fourth-order valence-corrected chi connectivity index (χ4v) is 3.77. The molecule has 1 atom stereocenters. The Morgan fingerprint density at radius 1 is 0.969 bits per heavy atom. The minimum absolute atomic E-state index is 0.0725. The number of aromatic nitrogens is 1. The molecule has 1 heterocycles. The lowest BCUT2D eigenvalue weighted by molar-refractivity contribution is -0.384. The molecule has 0 saturated heterocycles. The summed E-state index contributed by atoms with van der Waals surface area (Å²) in [5, 5.41) is 11.7. The largest absolute Gasteiger partial charge is 0.306 e. The highest BCUT2D eigenvalue weighted by molar-refractivity contribution is 5.97. The van der Waals surface area contributed by atoms with Crippen molar-refractivity contribution in [1.29, 1.82) is 0 Å². The predicted molar refractivity (Wildman–Crippen MR) is 124 cm³/mol. The van der Waals surface area contributed by atoms with Crippen molar-refractivity contribution in [3.8, 4) is 0 Å². The van der Waals surface area contributed by atoms with Gasteiger partial charge in [0.2, 0.25) is 5.91 Å². The molecule has 32 heavy (non-hydrogen) atoms. The van der Waals surface area contributed by atoms with Gasteiger partial charge >= 0.3 is 0 Å². The minimum Gasteiger partial charge on any atom is -0.306 e. The van der Waals surface area contributed by atoms with Gasteiger partial charge in [0.05, 0.1) is 17.0 Å². The maximum atomic E-state index is 13.7. The Morgan fingerprint density at radius 3 is 2.28 bits per heavy atom. The van der Waals surface area contributed by atoms with Crippen molar-refractivity contribution >= 4 is 28.2 Å². The van der Waals surface area contributed by atoms with Gasteiger partial charge in [-0.1, -0.05) is 48.5 Å². The Balaban J connectivity index is 1.78. The molecule has 0 bridgehead atoms. The van der Waals surface area contributed by atoms with Gasteiger partial charge in [-0.05, 0) is 36.8 Å². The third kappa shape index (κ3) is 4.13. The predicted octanol–water partition coefficient (Wildman–Crippen LogP) is 4.70. The maximum absolute atomic E-state index is 13.7. The molecule has 0 N–H and O–H groups in total. The zero-order valence-corrected chi connectivity index (χ0v) is 17.4. The summed E-state index contributed by atoms with van der Waals surface area (Å²) in [5.74, 6) is -0.256. The van der Waals surface area contributed by atoms with Crippen molar-refractivity contribution < 1.29 is 9.72 Å². The summed E-state index contributed by atoms with van der Waals surface area (Å²) in [6.07, 6.45) is 0. The fraction of sp³-hybridized carbons (Fsp3) is 0.120. The number of nitro benzene ring substituents is 1. The summed E-state index contributed by atoms with van der Waals surface area (Å²) >= 11 is 0. The molecule has 0 aliphatic carbocycles. The number of fused-ring (bicyclic) bond motifs is 1. The summed E-state index contributed by atoms with van der Waals surface area (Å²) in [6, 6.07) is 25.2. The van der Waals surface area contributed by atoms with Crippen LogP contribution in [-0.4, -0.2) is 15.4 Å². The van der Waals surface area contributed by atoms with Gasteiger partial charge in [-0.2, -0.15) is 0 Å². The number of para-hydroxylation sites is 1. The molecule has 160 valence electrons. The van der Waals surface area contributed by atoms with Crippen molar-refractivity contribution in [1.82, 2.24) is 4.57 Å². The van der Waals surface area contributed by atoms with E-state index in [1.54, 1.807) is 11.8 Å². The van der Waals surface area contributed by atoms with E-state index in [2.05, 4.69) is 0 Å². The third-order valence-corrected chi connectivity index (χ3v) is 5.39. The number of anilines is 1. The van der Waals surface area contributed by atoms with Gasteiger partial charge in [-0.15, -0.1) is 0 Å². The Labute approximate surface area is 184 Å². The third-order valence-electron chi connectivity index (χ3n) is 5.39. The first kappa shape index (κ1) is 21.0. The molecule has 7 nitrogen and oxygen atoms in total. The molecule has 0 aliphatic heterocycles. The van der Waals surface area contributed by atoms with Gasteiger partial charge in [0, 0.05) is 29.3 Å². The minimum atomic E-state index is -0.823. The normalized spacial score (nSPS) is 11.8. The van der Waals surface area contributed by atoms with Crippen LogP contribution < -0.4 is 10.5 Å². The van der Waals surface area contributed by atoms with Crippen LogP contribution in [0.1, 0.15) is 18.5 Å². The number of pyridine rings is 1. The van der Waals surface area contributed by atoms with Gasteiger partial charge < -0.3 is 4.90 Å². The van der Waals surface area contributed by atoms with Crippen molar-refractivity contribution in [2.45, 2.75) is 19.5 Å². The van der Waals surface area contributed by atoms with Crippen molar-refractivity contribution in [3.63, 3.8) is 0 Å². The number of benzene rings is 3. The Hall–Kier alpha value is -4.26. The van der Waals surface area contributed by atoms with Crippen molar-refractivity contribution in [2.75, 3.05) is 4.90 Å². The molecular weight excluding hydrogens is 406 g/mol. The number of non-ortho nitro benzene ring substituents is 1. The Bertz CT molecular complexity index is 1330. The molecule has 3 aromatic carbocycles. The van der Waals surface area contributed by atoms with E-state index in [9.17, 15) is 19.7 Å². The number of carbonyl (C=O) groups excluding carboxylic acids is 1. The van der Waals surface area contributed by atoms with E-state index in [1.165, 1.54) is 34.9 Å². The highest BCUT2D eigenvalue weighted by Gasteiger charge is 2.25. The lowest BCUT2D eigenvalue weighted by atomic mass is 10.1. The molecule has 0 aliphatic rings. The smallest absolute Gasteiger partial charge is 0.270 e. The van der Waals surface area contributed by atoms with Crippen molar-refractivity contribution in [2.24, 2.45) is 0 Å². The van der Waals surface area contributed by atoms with Crippen LogP contribution in [-0.2, 0) is 11.3 Å². The average Bonchev–Trinajstić information content (AvgIpc) is 2.82. The first-order valence-electron chi connectivity index (χ1n) is 10.2. The number of nitrogens with zero attached hydrogens (tertiary/aromatic N) is 3. The Morgan fingerprint density at radius 2 is 1.62 bits per heavy atom. The lowest BCUT2D eigenvalue weighted by Gasteiger charge is -2.27. The molecule has 0 saturated carbocycles. The van der Waals surface area contributed by atoms with Gasteiger partial charge in [0.25, 0.3) is 11.2 Å². The average molecular weight is 427 g/mol. The molecular formula is C25H21N3O4. The van der Waals surface area contributed by atoms with E-state index in [4.69, 9.17) is 0 Å². The van der Waals surface area contributed by atoms with Crippen LogP contribution in [0.15, 0.2) is 95.8 Å². The van der Waals surface area contributed by atoms with Crippen LogP contribution in [0, 0.1) is 10.1 Å². The number of hydrogen-bond acceptors (Lipinski definition) is 4. The van der Waals surface area contributed by atoms with E-state index < -0.39 is 11.0 Å². The second-order valence-electron chi connectivity index (χ2n) is 7.46. The molecule has 0 spiro atoms. The zero-order chi connectivity index (χ0) is 22.7. The molecule has 4 aromatic rings. The van der Waals surface area contributed by atoms with Crippen LogP contribution in [0.5, 0.6) is 0 Å². The van der Waals surface area contributed by atoms with Crippen LogP contribution in [0.2, 0.25) is 0 Å². The summed E-state index contributed by atoms with van der Waals surface area (Å²) in [4.78, 5) is 38.7.